The number of hydrogen-bond acceptors (Lipinski definition) is 1. The number of aliphatic hydroxyl groups is 1. The molecule has 2 bridgehead atoms. The van der Waals surface area contributed by atoms with Crippen molar-refractivity contribution in [2.24, 2.45) is 0 Å². The summed E-state index contributed by atoms with van der Waals surface area (Å²) in [6.45, 7) is 0. The maximum absolute atomic E-state index is 10.3. The van der Waals surface area contributed by atoms with E-state index in [9.17, 15) is 5.11 Å². The minimum atomic E-state index is -0.684. The lowest BCUT2D eigenvalue weighted by Gasteiger charge is -2.30. The van der Waals surface area contributed by atoms with Crippen molar-refractivity contribution in [2.45, 2.75) is 43.1 Å². The Morgan fingerprint density at radius 1 is 1.46 bits per heavy atom. The molecule has 0 aromatic heterocycles. The van der Waals surface area contributed by atoms with Crippen LogP contribution in [-0.2, 0) is 0 Å². The summed E-state index contributed by atoms with van der Waals surface area (Å²) in [4.78, 5) is 0. The Balaban J connectivity index is 2.34. The summed E-state index contributed by atoms with van der Waals surface area (Å²) < 4.78 is 0. The lowest BCUT2D eigenvalue weighted by atomic mass is 9.90. The van der Waals surface area contributed by atoms with Crippen LogP contribution in [-0.4, -0.2) is 16.1 Å². The van der Waals surface area contributed by atoms with Gasteiger partial charge in [0.25, 0.3) is 0 Å². The van der Waals surface area contributed by atoms with Crippen LogP contribution in [0.4, 0.5) is 0 Å². The first-order chi connectivity index (χ1) is 6.22. The lowest BCUT2D eigenvalue weighted by molar-refractivity contribution is 0.0402. The van der Waals surface area contributed by atoms with E-state index in [1.54, 1.807) is 0 Å². The predicted molar refractivity (Wildman–Crippen MR) is 54.9 cm³/mol. The molecule has 72 valence electrons. The van der Waals surface area contributed by atoms with E-state index < -0.39 is 5.60 Å². The van der Waals surface area contributed by atoms with Gasteiger partial charge in [0.1, 0.15) is 0 Å². The summed E-state index contributed by atoms with van der Waals surface area (Å²) in [5, 5.41) is 10.1. The Morgan fingerprint density at radius 2 is 2.31 bits per heavy atom. The van der Waals surface area contributed by atoms with Crippen LogP contribution in [0.2, 0.25) is 0 Å². The van der Waals surface area contributed by atoms with Gasteiger partial charge in [0.15, 0.2) is 0 Å². The Bertz CT molecular complexity index is 257. The third-order valence-corrected chi connectivity index (χ3v) is 3.73. The van der Waals surface area contributed by atoms with Gasteiger partial charge in [-0.2, -0.15) is 0 Å². The van der Waals surface area contributed by atoms with Gasteiger partial charge in [0.2, 0.25) is 0 Å². The largest absolute Gasteiger partial charge is 0.388 e. The minimum Gasteiger partial charge on any atom is -0.388 e. The first-order valence-corrected chi connectivity index (χ1v) is 5.38. The third kappa shape index (κ3) is 1.68. The molecule has 0 aromatic rings. The molecule has 0 amide bonds. The van der Waals surface area contributed by atoms with E-state index in [0.29, 0.717) is 6.42 Å². The van der Waals surface area contributed by atoms with Crippen LogP contribution in [0.25, 0.3) is 0 Å². The fourth-order valence-electron chi connectivity index (χ4n) is 2.20. The Kier molecular flexibility index (Phi) is 2.48. The molecule has 2 aliphatic carbocycles. The summed E-state index contributed by atoms with van der Waals surface area (Å²) in [7, 11) is 0. The molecule has 0 radical (unpaired) electrons. The van der Waals surface area contributed by atoms with Crippen LogP contribution in [0, 0.1) is 0 Å². The van der Waals surface area contributed by atoms with Gasteiger partial charge in [0, 0.05) is 0 Å². The van der Waals surface area contributed by atoms with Crippen LogP contribution in [0.1, 0.15) is 32.1 Å². The van der Waals surface area contributed by atoms with Gasteiger partial charge < -0.3 is 5.11 Å². The fourth-order valence-corrected chi connectivity index (χ4v) is 2.58. The summed E-state index contributed by atoms with van der Waals surface area (Å²) in [5.74, 6) is 0. The van der Waals surface area contributed by atoms with Gasteiger partial charge in [-0.3, -0.25) is 0 Å². The normalized spacial score (nSPS) is 39.2. The smallest absolute Gasteiger partial charge is 0.0882 e. The average Bonchev–Trinajstić information content (AvgIpc) is 2.34. The number of rotatable bonds is 0. The van der Waals surface area contributed by atoms with Crippen LogP contribution in [0.5, 0.6) is 0 Å². The lowest BCUT2D eigenvalue weighted by Crippen LogP contribution is -2.38. The summed E-state index contributed by atoms with van der Waals surface area (Å²) >= 11 is 6.28. The second-order valence-electron chi connectivity index (χ2n) is 4.05. The highest BCUT2D eigenvalue weighted by molar-refractivity contribution is 6.23. The monoisotopic (exact) mass is 198 g/mol. The van der Waals surface area contributed by atoms with Crippen LogP contribution >= 0.6 is 11.6 Å². The van der Waals surface area contributed by atoms with E-state index in [4.69, 9.17) is 11.6 Å². The molecule has 1 N–H and O–H groups in total. The van der Waals surface area contributed by atoms with Crippen molar-refractivity contribution < 1.29 is 5.11 Å². The Hall–Kier alpha value is -0.270. The molecule has 1 fully saturated rings. The van der Waals surface area contributed by atoms with E-state index in [2.05, 4.69) is 6.08 Å². The third-order valence-electron chi connectivity index (χ3n) is 3.04. The Labute approximate surface area is 84.1 Å². The maximum Gasteiger partial charge on any atom is 0.0882 e. The van der Waals surface area contributed by atoms with E-state index in [1.165, 1.54) is 5.57 Å². The highest BCUT2D eigenvalue weighted by Crippen LogP contribution is 2.38. The van der Waals surface area contributed by atoms with Crippen molar-refractivity contribution in [3.05, 3.63) is 23.8 Å². The van der Waals surface area contributed by atoms with Crippen molar-refractivity contribution in [2.75, 3.05) is 0 Å². The molecule has 2 atom stereocenters. The zero-order valence-corrected chi connectivity index (χ0v) is 8.43. The predicted octanol–water partition coefficient (Wildman–Crippen LogP) is 2.79. The highest BCUT2D eigenvalue weighted by atomic mass is 35.5. The molecule has 2 rings (SSSR count). The number of allylic oxidation sites excluding steroid dienone is 2. The molecule has 13 heavy (non-hydrogen) atoms. The van der Waals surface area contributed by atoms with Crippen LogP contribution in [0.15, 0.2) is 23.8 Å². The molecule has 2 unspecified atom stereocenters. The Morgan fingerprint density at radius 3 is 3.15 bits per heavy atom. The molecular formula is C11H15ClO. The molecule has 0 saturated heterocycles. The number of fused-ring (bicyclic) bond motifs is 2. The minimum absolute atomic E-state index is 0.176. The molecular weight excluding hydrogens is 184 g/mol. The SMILES string of the molecule is OC12CC=CC=C(CCCC1)C2Cl. The van der Waals surface area contributed by atoms with E-state index in [1.807, 2.05) is 12.2 Å². The first kappa shape index (κ1) is 9.29. The van der Waals surface area contributed by atoms with Gasteiger partial charge in [-0.1, -0.05) is 24.6 Å². The van der Waals surface area contributed by atoms with Crippen molar-refractivity contribution in [1.82, 2.24) is 0 Å². The second kappa shape index (κ2) is 3.47. The quantitative estimate of drug-likeness (QED) is 0.594. The topological polar surface area (TPSA) is 20.2 Å². The standard InChI is InChI=1S/C11H15ClO/c12-10-9-5-1-3-7-11(10,13)8-4-2-6-9/h1,3,5,10,13H,2,4,6-8H2. The van der Waals surface area contributed by atoms with E-state index in [-0.39, 0.29) is 5.38 Å². The van der Waals surface area contributed by atoms with Crippen molar-refractivity contribution >= 4 is 11.6 Å². The van der Waals surface area contributed by atoms with E-state index >= 15 is 0 Å². The number of alkyl halides is 1. The summed E-state index contributed by atoms with van der Waals surface area (Å²) in [5.41, 5.74) is 0.520. The number of hydrogen-bond donors (Lipinski definition) is 1. The number of halogens is 1. The summed E-state index contributed by atoms with van der Waals surface area (Å²) in [6, 6.07) is 0. The fraction of sp³-hybridized carbons (Fsp3) is 0.636. The van der Waals surface area contributed by atoms with Crippen LogP contribution in [0.3, 0.4) is 0 Å². The molecule has 0 spiro atoms. The molecule has 0 aromatic carbocycles. The van der Waals surface area contributed by atoms with Crippen molar-refractivity contribution in [1.29, 1.82) is 0 Å². The maximum atomic E-state index is 10.3. The zero-order valence-electron chi connectivity index (χ0n) is 7.67. The first-order valence-electron chi connectivity index (χ1n) is 4.94. The van der Waals surface area contributed by atoms with Gasteiger partial charge in [0.05, 0.1) is 11.0 Å². The molecule has 2 heteroatoms. The van der Waals surface area contributed by atoms with Crippen molar-refractivity contribution in [3.63, 3.8) is 0 Å². The average molecular weight is 199 g/mol. The highest BCUT2D eigenvalue weighted by Gasteiger charge is 2.38. The second-order valence-corrected chi connectivity index (χ2v) is 4.48. The molecule has 2 aliphatic rings. The zero-order chi connectivity index (χ0) is 9.31. The van der Waals surface area contributed by atoms with Gasteiger partial charge in [-0.05, 0) is 31.3 Å². The molecule has 0 heterocycles. The molecule has 1 saturated carbocycles. The van der Waals surface area contributed by atoms with Gasteiger partial charge >= 0.3 is 0 Å². The van der Waals surface area contributed by atoms with E-state index in [0.717, 1.165) is 25.7 Å². The van der Waals surface area contributed by atoms with Crippen molar-refractivity contribution in [3.8, 4) is 0 Å². The van der Waals surface area contributed by atoms with Gasteiger partial charge in [-0.25, -0.2) is 0 Å². The molecule has 0 aliphatic heterocycles. The van der Waals surface area contributed by atoms with Gasteiger partial charge in [-0.15, -0.1) is 11.6 Å². The van der Waals surface area contributed by atoms with Crippen LogP contribution < -0.4 is 0 Å². The molecule has 1 nitrogen and oxygen atoms in total. The summed E-state index contributed by atoms with van der Waals surface area (Å²) in [6.07, 6.45) is 10.9.